The number of amides is 1. The molecule has 28 heavy (non-hydrogen) atoms. The molecule has 0 spiro atoms. The Morgan fingerprint density at radius 2 is 1.79 bits per heavy atom. The number of nitrogens with one attached hydrogen (secondary N) is 2. The summed E-state index contributed by atoms with van der Waals surface area (Å²) in [7, 11) is 3.75. The van der Waals surface area contributed by atoms with Crippen LogP contribution in [0.3, 0.4) is 0 Å². The largest absolute Gasteiger partial charge is 0.358 e. The fraction of sp³-hybridized carbons (Fsp3) is 0.375. The Balaban J connectivity index is 0.00000122. The lowest BCUT2D eigenvalue weighted by Gasteiger charge is -2.22. The molecule has 0 radical (unpaired) electrons. The molecule has 0 aliphatic rings. The number of halogens is 1. The first kappa shape index (κ1) is 23.6. The van der Waals surface area contributed by atoms with E-state index in [1.54, 1.807) is 0 Å². The summed E-state index contributed by atoms with van der Waals surface area (Å²) in [6.07, 6.45) is 4.36. The molecule has 1 atom stereocenters. The van der Waals surface area contributed by atoms with Gasteiger partial charge in [0.25, 0.3) is 0 Å². The standard InChI is InChI=1S/C22H26FNO.C2H7N/c1-3-17(2)8-13-22(19-9-11-20(23)12-10-19)21-7-5-4-6-18(21)14-15-24-16-25;1-3-2/h4-7,9-12,16,22H,2-3,8,13-15H2,1H3,(H,24,25);3H,1-2H3/t22-;/m0./s1. The van der Waals surface area contributed by atoms with E-state index in [9.17, 15) is 9.18 Å². The summed E-state index contributed by atoms with van der Waals surface area (Å²) in [5.41, 5.74) is 4.80. The van der Waals surface area contributed by atoms with Gasteiger partial charge in [-0.3, -0.25) is 4.79 Å². The minimum absolute atomic E-state index is 0.191. The van der Waals surface area contributed by atoms with Crippen LogP contribution in [0.1, 0.15) is 48.8 Å². The van der Waals surface area contributed by atoms with Crippen molar-refractivity contribution in [1.29, 1.82) is 0 Å². The highest BCUT2D eigenvalue weighted by atomic mass is 19.1. The van der Waals surface area contributed by atoms with Crippen LogP contribution in [-0.2, 0) is 11.2 Å². The molecule has 152 valence electrons. The topological polar surface area (TPSA) is 41.1 Å². The molecule has 0 saturated carbocycles. The second-order valence-corrected chi connectivity index (χ2v) is 6.77. The zero-order chi connectivity index (χ0) is 20.8. The molecule has 0 saturated heterocycles. The molecule has 2 aromatic carbocycles. The number of hydrogen-bond donors (Lipinski definition) is 2. The summed E-state index contributed by atoms with van der Waals surface area (Å²) in [6.45, 7) is 6.85. The maximum absolute atomic E-state index is 13.4. The van der Waals surface area contributed by atoms with Crippen LogP contribution in [0.5, 0.6) is 0 Å². The van der Waals surface area contributed by atoms with Crippen LogP contribution in [0.4, 0.5) is 4.39 Å². The third-order valence-corrected chi connectivity index (χ3v) is 4.61. The van der Waals surface area contributed by atoms with E-state index in [1.165, 1.54) is 28.8 Å². The van der Waals surface area contributed by atoms with Crippen molar-refractivity contribution in [2.45, 2.75) is 38.5 Å². The average molecular weight is 385 g/mol. The predicted molar refractivity (Wildman–Crippen MR) is 116 cm³/mol. The van der Waals surface area contributed by atoms with Crippen LogP contribution in [-0.4, -0.2) is 27.1 Å². The maximum Gasteiger partial charge on any atom is 0.207 e. The number of carbonyl (C=O) groups is 1. The second-order valence-electron chi connectivity index (χ2n) is 6.77. The van der Waals surface area contributed by atoms with E-state index in [-0.39, 0.29) is 11.7 Å². The van der Waals surface area contributed by atoms with E-state index in [1.807, 2.05) is 38.4 Å². The highest BCUT2D eigenvalue weighted by Crippen LogP contribution is 2.33. The van der Waals surface area contributed by atoms with Crippen LogP contribution in [0.2, 0.25) is 0 Å². The van der Waals surface area contributed by atoms with E-state index in [0.29, 0.717) is 6.54 Å². The maximum atomic E-state index is 13.4. The molecule has 0 unspecified atom stereocenters. The molecule has 0 heterocycles. The average Bonchev–Trinajstić information content (AvgIpc) is 2.71. The Hall–Kier alpha value is -2.46. The Morgan fingerprint density at radius 1 is 1.14 bits per heavy atom. The molecule has 0 aliphatic carbocycles. The molecule has 4 heteroatoms. The monoisotopic (exact) mass is 384 g/mol. The van der Waals surface area contributed by atoms with Gasteiger partial charge in [-0.1, -0.05) is 55.5 Å². The molecule has 2 N–H and O–H groups in total. The summed E-state index contributed by atoms with van der Waals surface area (Å²) in [4.78, 5) is 10.5. The van der Waals surface area contributed by atoms with E-state index >= 15 is 0 Å². The molecule has 0 aliphatic heterocycles. The summed E-state index contributed by atoms with van der Waals surface area (Å²) in [6, 6.07) is 15.1. The minimum atomic E-state index is -0.219. The van der Waals surface area contributed by atoms with Gasteiger partial charge in [0.2, 0.25) is 6.41 Å². The van der Waals surface area contributed by atoms with Gasteiger partial charge in [0.15, 0.2) is 0 Å². The van der Waals surface area contributed by atoms with Crippen LogP contribution in [0.15, 0.2) is 60.7 Å². The molecule has 0 aromatic heterocycles. The Labute approximate surface area is 169 Å². The summed E-state index contributed by atoms with van der Waals surface area (Å²) in [5, 5.41) is 5.48. The SMILES string of the molecule is C=C(CC)CC[C@@H](c1ccc(F)cc1)c1ccccc1CCNC=O.CNC. The van der Waals surface area contributed by atoms with Crippen molar-refractivity contribution < 1.29 is 9.18 Å². The van der Waals surface area contributed by atoms with Crippen molar-refractivity contribution in [3.05, 3.63) is 83.2 Å². The first-order valence-electron chi connectivity index (χ1n) is 9.82. The van der Waals surface area contributed by atoms with Gasteiger partial charge in [0.05, 0.1) is 0 Å². The Morgan fingerprint density at radius 3 is 2.39 bits per heavy atom. The van der Waals surface area contributed by atoms with Crippen molar-refractivity contribution in [3.8, 4) is 0 Å². The quantitative estimate of drug-likeness (QED) is 0.350. The Kier molecular flexibility index (Phi) is 11.5. The number of rotatable bonds is 10. The van der Waals surface area contributed by atoms with Gasteiger partial charge in [-0.2, -0.15) is 0 Å². The third kappa shape index (κ3) is 8.05. The molecule has 3 nitrogen and oxygen atoms in total. The van der Waals surface area contributed by atoms with Crippen LogP contribution >= 0.6 is 0 Å². The summed E-state index contributed by atoms with van der Waals surface area (Å²) in [5.74, 6) is -0.0275. The number of allylic oxidation sites excluding steroid dienone is 1. The predicted octanol–water partition coefficient (Wildman–Crippen LogP) is 4.83. The number of benzene rings is 2. The fourth-order valence-corrected chi connectivity index (χ4v) is 3.09. The molecule has 0 bridgehead atoms. The lowest BCUT2D eigenvalue weighted by atomic mass is 9.83. The molecular formula is C24H33FN2O. The van der Waals surface area contributed by atoms with Crippen LogP contribution < -0.4 is 10.6 Å². The highest BCUT2D eigenvalue weighted by Gasteiger charge is 2.17. The number of hydrogen-bond acceptors (Lipinski definition) is 2. The lowest BCUT2D eigenvalue weighted by Crippen LogP contribution is -2.16. The van der Waals surface area contributed by atoms with Gasteiger partial charge in [-0.25, -0.2) is 4.39 Å². The van der Waals surface area contributed by atoms with E-state index in [0.717, 1.165) is 37.7 Å². The van der Waals surface area contributed by atoms with Crippen molar-refractivity contribution in [2.75, 3.05) is 20.6 Å². The van der Waals surface area contributed by atoms with Gasteiger partial charge >= 0.3 is 0 Å². The fourth-order valence-electron chi connectivity index (χ4n) is 3.09. The first-order valence-corrected chi connectivity index (χ1v) is 9.82. The normalized spacial score (nSPS) is 11.1. The van der Waals surface area contributed by atoms with E-state index < -0.39 is 0 Å². The molecule has 2 rings (SSSR count). The lowest BCUT2D eigenvalue weighted by molar-refractivity contribution is -0.109. The highest BCUT2D eigenvalue weighted by molar-refractivity contribution is 5.46. The summed E-state index contributed by atoms with van der Waals surface area (Å²) < 4.78 is 13.4. The van der Waals surface area contributed by atoms with Gasteiger partial charge < -0.3 is 10.6 Å². The molecular weight excluding hydrogens is 351 g/mol. The van der Waals surface area contributed by atoms with Crippen LogP contribution in [0.25, 0.3) is 0 Å². The van der Waals surface area contributed by atoms with E-state index in [4.69, 9.17) is 0 Å². The zero-order valence-electron chi connectivity index (χ0n) is 17.3. The number of carbonyl (C=O) groups excluding carboxylic acids is 1. The van der Waals surface area contributed by atoms with Crippen molar-refractivity contribution in [3.63, 3.8) is 0 Å². The van der Waals surface area contributed by atoms with Gasteiger partial charge in [-0.05, 0) is 68.6 Å². The smallest absolute Gasteiger partial charge is 0.207 e. The second kappa shape index (κ2) is 13.7. The van der Waals surface area contributed by atoms with Crippen molar-refractivity contribution in [2.24, 2.45) is 0 Å². The molecule has 1 amide bonds. The summed E-state index contributed by atoms with van der Waals surface area (Å²) >= 11 is 0. The van der Waals surface area contributed by atoms with Gasteiger partial charge in [0, 0.05) is 12.5 Å². The third-order valence-electron chi connectivity index (χ3n) is 4.61. The Bertz CT molecular complexity index is 713. The van der Waals surface area contributed by atoms with Gasteiger partial charge in [-0.15, -0.1) is 0 Å². The molecule has 0 fully saturated rings. The van der Waals surface area contributed by atoms with Crippen molar-refractivity contribution in [1.82, 2.24) is 10.6 Å². The first-order chi connectivity index (χ1) is 13.6. The van der Waals surface area contributed by atoms with E-state index in [2.05, 4.69) is 36.3 Å². The van der Waals surface area contributed by atoms with Crippen molar-refractivity contribution >= 4 is 6.41 Å². The zero-order valence-corrected chi connectivity index (χ0v) is 17.3. The minimum Gasteiger partial charge on any atom is -0.358 e. The molecule has 2 aromatic rings. The van der Waals surface area contributed by atoms with Gasteiger partial charge in [0.1, 0.15) is 5.82 Å². The van der Waals surface area contributed by atoms with Crippen LogP contribution in [0, 0.1) is 5.82 Å².